The molecule has 50 heavy (non-hydrogen) atoms. The molecule has 0 aliphatic rings. The summed E-state index contributed by atoms with van der Waals surface area (Å²) in [7, 11) is 6.19. The Kier molecular flexibility index (Phi) is 39.1. The van der Waals surface area contributed by atoms with E-state index in [0.717, 1.165) is 86.9 Å². The minimum atomic E-state index is -3.03. The maximum atomic E-state index is 9.52. The number of nitriles is 4. The number of unbranched alkanes of at least 4 members (excludes halogenated alkanes) is 8. The van der Waals surface area contributed by atoms with Gasteiger partial charge in [-0.25, -0.2) is 0 Å². The number of thiocyanates is 4. The van der Waals surface area contributed by atoms with Crippen molar-refractivity contribution in [1.29, 1.82) is 21.0 Å². The van der Waals surface area contributed by atoms with Crippen molar-refractivity contribution in [3.05, 3.63) is 0 Å². The van der Waals surface area contributed by atoms with Crippen LogP contribution < -0.4 is 0 Å². The summed E-state index contributed by atoms with van der Waals surface area (Å²) < 4.78 is 23.6. The molecule has 14 heteroatoms. The first-order valence-corrected chi connectivity index (χ1v) is 57.9. The number of hydrogen-bond acceptors (Lipinski definition) is 10. The summed E-state index contributed by atoms with van der Waals surface area (Å²) in [6.07, 6.45) is 18.7. The molecule has 0 aromatic rings. The van der Waals surface area contributed by atoms with Crippen molar-refractivity contribution in [2.75, 3.05) is 0 Å². The number of hydrogen-bond donors (Lipinski definition) is 0. The SMILES string of the molecule is CCC[CH2][Sn]([CH2]CCC)([O][Sn]([CH2]CCC)([CH2]CCC)[S]C#N)[S]C#N.CCC[CH2][Sn]([CH2]CCC)([O][Sn]([CH2]CCC)([CH2]CCC)[S]C#N)[S]C#N. The van der Waals surface area contributed by atoms with Gasteiger partial charge in [0.1, 0.15) is 0 Å². The molecule has 0 aliphatic heterocycles. The summed E-state index contributed by atoms with van der Waals surface area (Å²) in [5.74, 6) is 0. The van der Waals surface area contributed by atoms with Crippen molar-refractivity contribution < 1.29 is 2.82 Å². The fourth-order valence-corrected chi connectivity index (χ4v) is 144. The summed E-state index contributed by atoms with van der Waals surface area (Å²) in [4.78, 5) is 0. The van der Waals surface area contributed by atoms with Gasteiger partial charge in [0.25, 0.3) is 0 Å². The molecule has 0 saturated carbocycles. The Balaban J connectivity index is 0. The van der Waals surface area contributed by atoms with Crippen LogP contribution in [0.3, 0.4) is 0 Å². The average molecular weight is 1200 g/mol. The predicted molar refractivity (Wildman–Crippen MR) is 236 cm³/mol. The summed E-state index contributed by atoms with van der Waals surface area (Å²) in [5, 5.41) is 47.8. The van der Waals surface area contributed by atoms with E-state index >= 15 is 0 Å². The average Bonchev–Trinajstić information content (AvgIpc) is 3.12. The van der Waals surface area contributed by atoms with E-state index in [-0.39, 0.29) is 0 Å². The molecule has 0 aromatic carbocycles. The molecular formula is C36H72N4O2S4Sn4. The van der Waals surface area contributed by atoms with Crippen molar-refractivity contribution in [2.45, 2.75) is 194 Å². The van der Waals surface area contributed by atoms with Gasteiger partial charge in [-0.05, 0) is 0 Å². The first-order chi connectivity index (χ1) is 24.1. The zero-order valence-corrected chi connectivity index (χ0v) is 47.9. The Morgan fingerprint density at radius 3 is 0.560 bits per heavy atom. The topological polar surface area (TPSA) is 114 Å². The Morgan fingerprint density at radius 2 is 0.460 bits per heavy atom. The third-order valence-corrected chi connectivity index (χ3v) is 111. The van der Waals surface area contributed by atoms with Gasteiger partial charge in [-0.1, -0.05) is 0 Å². The Morgan fingerprint density at radius 1 is 0.320 bits per heavy atom. The van der Waals surface area contributed by atoms with Crippen LogP contribution in [0, 0.1) is 42.7 Å². The summed E-state index contributed by atoms with van der Waals surface area (Å²) in [6, 6.07) is 0. The Bertz CT molecular complexity index is 819. The van der Waals surface area contributed by atoms with Crippen LogP contribution >= 0.6 is 35.8 Å². The van der Waals surface area contributed by atoms with Crippen molar-refractivity contribution in [3.8, 4) is 21.6 Å². The summed E-state index contributed by atoms with van der Waals surface area (Å²) >= 11 is -12.1. The third-order valence-electron chi connectivity index (χ3n) is 8.96. The van der Waals surface area contributed by atoms with Gasteiger partial charge in [-0.2, -0.15) is 0 Å². The van der Waals surface area contributed by atoms with Crippen molar-refractivity contribution >= 4 is 105 Å². The molecule has 0 radical (unpaired) electrons. The van der Waals surface area contributed by atoms with Gasteiger partial charge in [0.15, 0.2) is 0 Å². The van der Waals surface area contributed by atoms with Gasteiger partial charge in [0.05, 0.1) is 0 Å². The van der Waals surface area contributed by atoms with E-state index in [1.165, 1.54) is 51.4 Å². The normalized spacial score (nSPS) is 11.9. The first-order valence-electron chi connectivity index (χ1n) is 19.8. The molecule has 288 valence electrons. The Labute approximate surface area is 339 Å². The van der Waals surface area contributed by atoms with Gasteiger partial charge in [0, 0.05) is 0 Å². The molecule has 6 nitrogen and oxygen atoms in total. The number of rotatable bonds is 32. The van der Waals surface area contributed by atoms with Gasteiger partial charge in [-0.3, -0.25) is 0 Å². The van der Waals surface area contributed by atoms with Gasteiger partial charge >= 0.3 is 345 Å². The molecule has 0 heterocycles. The zero-order valence-electron chi connectivity index (χ0n) is 33.2. The fraction of sp³-hybridized carbons (Fsp3) is 0.889. The van der Waals surface area contributed by atoms with Crippen LogP contribution in [0.15, 0.2) is 0 Å². The van der Waals surface area contributed by atoms with E-state index in [9.17, 15) is 21.0 Å². The van der Waals surface area contributed by atoms with E-state index in [1.54, 1.807) is 35.8 Å². The third kappa shape index (κ3) is 24.9. The summed E-state index contributed by atoms with van der Waals surface area (Å²) in [5.41, 5.74) is 0. The van der Waals surface area contributed by atoms with Crippen LogP contribution in [0.4, 0.5) is 0 Å². The molecule has 0 atom stereocenters. The van der Waals surface area contributed by atoms with Crippen molar-refractivity contribution in [3.63, 3.8) is 0 Å². The minimum absolute atomic E-state index is 1.15. The predicted octanol–water partition coefficient (Wildman–Crippen LogP) is 15.0. The molecule has 0 N–H and O–H groups in total. The van der Waals surface area contributed by atoms with Crippen molar-refractivity contribution in [1.82, 2.24) is 0 Å². The van der Waals surface area contributed by atoms with Crippen molar-refractivity contribution in [2.24, 2.45) is 0 Å². The molecular weight excluding hydrogens is 1120 g/mol. The van der Waals surface area contributed by atoms with Crippen LogP contribution in [0.5, 0.6) is 0 Å². The molecule has 0 amide bonds. The van der Waals surface area contributed by atoms with Gasteiger partial charge in [0.2, 0.25) is 0 Å². The molecule has 0 bridgehead atoms. The van der Waals surface area contributed by atoms with E-state index < -0.39 is 69.6 Å². The van der Waals surface area contributed by atoms with Crippen LogP contribution in [-0.2, 0) is 2.82 Å². The monoisotopic (exact) mass is 1200 g/mol. The summed E-state index contributed by atoms with van der Waals surface area (Å²) in [6.45, 7) is 17.8. The maximum absolute atomic E-state index is 9.52. The molecule has 0 unspecified atom stereocenters. The van der Waals surface area contributed by atoms with Gasteiger partial charge in [-0.15, -0.1) is 0 Å². The molecule has 0 saturated heterocycles. The van der Waals surface area contributed by atoms with Crippen LogP contribution in [-0.4, -0.2) is 69.6 Å². The van der Waals surface area contributed by atoms with E-state index in [4.69, 9.17) is 2.82 Å². The van der Waals surface area contributed by atoms with E-state index in [2.05, 4.69) is 77.0 Å². The second-order valence-corrected chi connectivity index (χ2v) is 83.1. The second kappa shape index (κ2) is 35.9. The van der Waals surface area contributed by atoms with Gasteiger partial charge < -0.3 is 0 Å². The fourth-order valence-electron chi connectivity index (χ4n) is 5.98. The van der Waals surface area contributed by atoms with Crippen LogP contribution in [0.1, 0.15) is 158 Å². The second-order valence-electron chi connectivity index (χ2n) is 13.4. The Hall–Kier alpha value is 2.47. The van der Waals surface area contributed by atoms with E-state index in [1.807, 2.05) is 0 Å². The first kappa shape index (κ1) is 54.6. The molecule has 0 spiro atoms. The molecule has 0 fully saturated rings. The van der Waals surface area contributed by atoms with Crippen LogP contribution in [0.25, 0.3) is 0 Å². The molecule has 0 aliphatic carbocycles. The standard InChI is InChI=1S/8C4H9.4CHNS.2O.4Sn/c8*1-3-4-2;4*2-1-3;;;;;;/h8*1,3-4H2,2H3;4*3H;;;;;;/q;;;;;;;;;;;;;;4*+1/p-4. The molecule has 0 rings (SSSR count). The zero-order chi connectivity index (χ0) is 38.0. The van der Waals surface area contributed by atoms with E-state index in [0.29, 0.717) is 0 Å². The molecule has 0 aromatic heterocycles. The quantitative estimate of drug-likeness (QED) is 0.0476. The number of nitrogens with zero attached hydrogens (tertiary/aromatic N) is 4. The van der Waals surface area contributed by atoms with Crippen LogP contribution in [0.2, 0.25) is 35.5 Å².